The van der Waals surface area contributed by atoms with Gasteiger partial charge in [-0.15, -0.1) is 0 Å². The molecule has 2 aromatic rings. The summed E-state index contributed by atoms with van der Waals surface area (Å²) < 4.78 is 5.90. The van der Waals surface area contributed by atoms with Gasteiger partial charge < -0.3 is 9.84 Å². The van der Waals surface area contributed by atoms with Gasteiger partial charge in [0.2, 0.25) is 0 Å². The first-order valence-electron chi connectivity index (χ1n) is 6.01. The van der Waals surface area contributed by atoms with E-state index in [0.717, 1.165) is 0 Å². The number of carboxylic acids is 1. The molecule has 6 nitrogen and oxygen atoms in total. The molecular weight excluding hydrogens is 280 g/mol. The molecule has 1 aromatic heterocycles. The summed E-state index contributed by atoms with van der Waals surface area (Å²) in [6.07, 6.45) is -0.0192. The number of hydrogen-bond acceptors (Lipinski definition) is 5. The lowest BCUT2D eigenvalue weighted by Gasteiger charge is -2.06. The third-order valence-corrected chi connectivity index (χ3v) is 3.36. The van der Waals surface area contributed by atoms with Crippen molar-refractivity contribution >= 4 is 38.6 Å². The van der Waals surface area contributed by atoms with Crippen LogP contribution in [-0.4, -0.2) is 34.7 Å². The van der Waals surface area contributed by atoms with Crippen LogP contribution in [0.4, 0.5) is 5.13 Å². The quantitative estimate of drug-likeness (QED) is 0.883. The van der Waals surface area contributed by atoms with Gasteiger partial charge >= 0.3 is 5.97 Å². The average molecular weight is 294 g/mol. The number of hydrogen-bond donors (Lipinski definition) is 2. The molecule has 0 saturated heterocycles. The number of nitrogens with one attached hydrogen (secondary N) is 1. The highest BCUT2D eigenvalue weighted by atomic mass is 32.1. The number of carbonyl (C=O) groups excluding carboxylic acids is 1. The van der Waals surface area contributed by atoms with Gasteiger partial charge in [-0.05, 0) is 32.0 Å². The Hall–Kier alpha value is -1.99. The summed E-state index contributed by atoms with van der Waals surface area (Å²) in [6.45, 7) is 3.66. The number of rotatable bonds is 5. The van der Waals surface area contributed by atoms with E-state index in [1.165, 1.54) is 23.5 Å². The molecule has 1 amide bonds. The van der Waals surface area contributed by atoms with Gasteiger partial charge in [0.1, 0.15) is 6.61 Å². The molecule has 0 spiro atoms. The van der Waals surface area contributed by atoms with Crippen LogP contribution in [0.1, 0.15) is 24.2 Å². The summed E-state index contributed by atoms with van der Waals surface area (Å²) in [7, 11) is 0. The minimum Gasteiger partial charge on any atom is -0.478 e. The first-order chi connectivity index (χ1) is 9.45. The highest BCUT2D eigenvalue weighted by Gasteiger charge is 2.10. The van der Waals surface area contributed by atoms with E-state index in [9.17, 15) is 9.59 Å². The molecular formula is C13H14N2O4S. The zero-order chi connectivity index (χ0) is 14.7. The Bertz CT molecular complexity index is 651. The van der Waals surface area contributed by atoms with Crippen LogP contribution in [0.15, 0.2) is 18.2 Å². The van der Waals surface area contributed by atoms with Crippen molar-refractivity contribution in [3.8, 4) is 0 Å². The largest absolute Gasteiger partial charge is 0.478 e. The van der Waals surface area contributed by atoms with Crippen LogP contribution in [-0.2, 0) is 9.53 Å². The predicted molar refractivity (Wildman–Crippen MR) is 76.3 cm³/mol. The van der Waals surface area contributed by atoms with Crippen LogP contribution in [0.2, 0.25) is 0 Å². The number of thiazole rings is 1. The summed E-state index contributed by atoms with van der Waals surface area (Å²) in [6, 6.07) is 4.64. The molecule has 0 aliphatic heterocycles. The zero-order valence-electron chi connectivity index (χ0n) is 11.0. The van der Waals surface area contributed by atoms with Gasteiger partial charge in [0, 0.05) is 0 Å². The normalized spacial score (nSPS) is 10.9. The van der Waals surface area contributed by atoms with Crippen LogP contribution in [0.3, 0.4) is 0 Å². The van der Waals surface area contributed by atoms with Crippen LogP contribution < -0.4 is 5.32 Å². The van der Waals surface area contributed by atoms with E-state index < -0.39 is 5.97 Å². The van der Waals surface area contributed by atoms with Crippen molar-refractivity contribution in [2.24, 2.45) is 0 Å². The minimum absolute atomic E-state index is 0.0192. The summed E-state index contributed by atoms with van der Waals surface area (Å²) in [4.78, 5) is 26.7. The molecule has 0 aliphatic carbocycles. The smallest absolute Gasteiger partial charge is 0.335 e. The topological polar surface area (TPSA) is 88.5 Å². The number of aromatic nitrogens is 1. The van der Waals surface area contributed by atoms with Crippen LogP contribution in [0, 0.1) is 0 Å². The molecule has 0 bridgehead atoms. The Morgan fingerprint density at radius 3 is 2.85 bits per heavy atom. The maximum atomic E-state index is 11.6. The third kappa shape index (κ3) is 3.52. The first-order valence-corrected chi connectivity index (χ1v) is 6.82. The van der Waals surface area contributed by atoms with E-state index in [1.807, 2.05) is 13.8 Å². The second kappa shape index (κ2) is 5.98. The molecule has 2 rings (SSSR count). The van der Waals surface area contributed by atoms with Crippen LogP contribution in [0.25, 0.3) is 10.2 Å². The summed E-state index contributed by atoms with van der Waals surface area (Å²) in [5.41, 5.74) is 0.849. The molecule has 0 unspecified atom stereocenters. The van der Waals surface area contributed by atoms with Crippen molar-refractivity contribution in [1.29, 1.82) is 0 Å². The lowest BCUT2D eigenvalue weighted by Crippen LogP contribution is -2.20. The van der Waals surface area contributed by atoms with Gasteiger partial charge in [0.25, 0.3) is 5.91 Å². The van der Waals surface area contributed by atoms with Gasteiger partial charge in [-0.1, -0.05) is 11.3 Å². The Morgan fingerprint density at radius 1 is 1.45 bits per heavy atom. The zero-order valence-corrected chi connectivity index (χ0v) is 11.9. The van der Waals surface area contributed by atoms with Crippen molar-refractivity contribution in [1.82, 2.24) is 4.98 Å². The molecule has 2 N–H and O–H groups in total. The number of anilines is 1. The monoisotopic (exact) mass is 294 g/mol. The number of amides is 1. The minimum atomic E-state index is -0.990. The summed E-state index contributed by atoms with van der Waals surface area (Å²) in [5.74, 6) is -1.27. The van der Waals surface area contributed by atoms with E-state index in [4.69, 9.17) is 9.84 Å². The molecule has 0 atom stereocenters. The Balaban J connectivity index is 2.11. The standard InChI is InChI=1S/C13H14N2O4S/c1-7(2)19-6-11(16)15-13-14-9-4-3-8(12(17)18)5-10(9)20-13/h3-5,7H,6H2,1-2H3,(H,17,18)(H,14,15,16). The lowest BCUT2D eigenvalue weighted by atomic mass is 10.2. The summed E-state index contributed by atoms with van der Waals surface area (Å²) >= 11 is 1.23. The maximum absolute atomic E-state index is 11.6. The molecule has 7 heteroatoms. The van der Waals surface area contributed by atoms with E-state index >= 15 is 0 Å². The number of nitrogens with zero attached hydrogens (tertiary/aromatic N) is 1. The number of carboxylic acid groups (broad SMARTS) is 1. The molecule has 0 aliphatic rings. The fourth-order valence-electron chi connectivity index (χ4n) is 1.51. The maximum Gasteiger partial charge on any atom is 0.335 e. The van der Waals surface area contributed by atoms with Gasteiger partial charge in [-0.2, -0.15) is 0 Å². The SMILES string of the molecule is CC(C)OCC(=O)Nc1nc2ccc(C(=O)O)cc2s1. The second-order valence-electron chi connectivity index (χ2n) is 4.41. The van der Waals surface area contributed by atoms with Gasteiger partial charge in [-0.25, -0.2) is 9.78 Å². The van der Waals surface area contributed by atoms with E-state index in [1.54, 1.807) is 6.07 Å². The lowest BCUT2D eigenvalue weighted by molar-refractivity contribution is -0.121. The van der Waals surface area contributed by atoms with Crippen molar-refractivity contribution in [2.75, 3.05) is 11.9 Å². The van der Waals surface area contributed by atoms with E-state index in [0.29, 0.717) is 15.3 Å². The first kappa shape index (κ1) is 14.4. The van der Waals surface area contributed by atoms with Crippen molar-refractivity contribution in [3.63, 3.8) is 0 Å². The van der Waals surface area contributed by atoms with Gasteiger partial charge in [0.05, 0.1) is 21.9 Å². The Morgan fingerprint density at radius 2 is 2.20 bits per heavy atom. The van der Waals surface area contributed by atoms with Crippen LogP contribution in [0.5, 0.6) is 0 Å². The van der Waals surface area contributed by atoms with E-state index in [2.05, 4.69) is 10.3 Å². The predicted octanol–water partition coefficient (Wildman–Crippen LogP) is 2.36. The number of carbonyl (C=O) groups is 2. The van der Waals surface area contributed by atoms with Crippen molar-refractivity contribution < 1.29 is 19.4 Å². The Kier molecular flexibility index (Phi) is 4.31. The number of fused-ring (bicyclic) bond motifs is 1. The summed E-state index contributed by atoms with van der Waals surface area (Å²) in [5, 5.41) is 12.0. The van der Waals surface area contributed by atoms with Gasteiger partial charge in [0.15, 0.2) is 5.13 Å². The molecule has 0 saturated carbocycles. The molecule has 106 valence electrons. The second-order valence-corrected chi connectivity index (χ2v) is 5.45. The highest BCUT2D eigenvalue weighted by molar-refractivity contribution is 7.22. The fraction of sp³-hybridized carbons (Fsp3) is 0.308. The molecule has 0 radical (unpaired) electrons. The molecule has 0 fully saturated rings. The van der Waals surface area contributed by atoms with Crippen molar-refractivity contribution in [3.05, 3.63) is 23.8 Å². The van der Waals surface area contributed by atoms with Crippen molar-refractivity contribution in [2.45, 2.75) is 20.0 Å². The van der Waals surface area contributed by atoms with E-state index in [-0.39, 0.29) is 24.2 Å². The molecule has 1 heterocycles. The van der Waals surface area contributed by atoms with Crippen LogP contribution >= 0.6 is 11.3 Å². The number of aromatic carboxylic acids is 1. The molecule has 1 aromatic carbocycles. The number of ether oxygens (including phenoxy) is 1. The number of benzene rings is 1. The third-order valence-electron chi connectivity index (χ3n) is 2.43. The Labute approximate surface area is 119 Å². The molecule has 20 heavy (non-hydrogen) atoms. The fourth-order valence-corrected chi connectivity index (χ4v) is 2.43. The average Bonchev–Trinajstić information content (AvgIpc) is 2.77. The highest BCUT2D eigenvalue weighted by Crippen LogP contribution is 2.26. The van der Waals surface area contributed by atoms with Gasteiger partial charge in [-0.3, -0.25) is 10.1 Å².